The van der Waals surface area contributed by atoms with Crippen molar-refractivity contribution in [2.24, 2.45) is 46.3 Å². The van der Waals surface area contributed by atoms with Gasteiger partial charge in [0.05, 0.1) is 37.6 Å². The van der Waals surface area contributed by atoms with Crippen LogP contribution in [0, 0.1) is 46.3 Å². The van der Waals surface area contributed by atoms with E-state index in [2.05, 4.69) is 33.8 Å². The van der Waals surface area contributed by atoms with E-state index in [0.717, 1.165) is 57.2 Å². The van der Waals surface area contributed by atoms with Gasteiger partial charge in [-0.15, -0.1) is 0 Å². The molecule has 5 aliphatic heterocycles. The molecule has 4 aliphatic carbocycles. The molecule has 20 heteroatoms. The molecule has 1 spiro atoms. The summed E-state index contributed by atoms with van der Waals surface area (Å²) in [4.78, 5) is 1.70. The molecule has 0 radical (unpaired) electrons. The fourth-order valence-electron chi connectivity index (χ4n) is 16.2. The molecule has 19 nitrogen and oxygen atoms in total. The highest BCUT2D eigenvalue weighted by Crippen LogP contribution is 2.71. The topological polar surface area (TPSA) is 262 Å². The van der Waals surface area contributed by atoms with E-state index in [1.54, 1.807) is 24.3 Å². The van der Waals surface area contributed by atoms with Crippen molar-refractivity contribution in [3.63, 3.8) is 0 Å². The van der Waals surface area contributed by atoms with Crippen molar-refractivity contribution in [3.8, 4) is 0 Å². The molecule has 26 atom stereocenters. The van der Waals surface area contributed by atoms with Crippen LogP contribution in [0.25, 0.3) is 10.8 Å². The summed E-state index contributed by atoms with van der Waals surface area (Å²) in [7, 11) is -0.905. The Balaban J connectivity index is 0.791. The molecule has 3 unspecified atom stereocenters. The molecule has 430 valence electrons. The first-order chi connectivity index (χ1) is 36.5. The number of aliphatic hydroxyl groups is 7. The molecule has 0 amide bonds. The third-order valence-electron chi connectivity index (χ3n) is 20.5. The zero-order valence-corrected chi connectivity index (χ0v) is 46.4. The van der Waals surface area contributed by atoms with Gasteiger partial charge in [-0.3, -0.25) is 4.18 Å². The normalized spacial score (nSPS) is 48.9. The lowest BCUT2D eigenvalue weighted by atomic mass is 9.47. The zero-order chi connectivity index (χ0) is 54.8. The second kappa shape index (κ2) is 21.1. The predicted molar refractivity (Wildman–Crippen MR) is 277 cm³/mol. The lowest BCUT2D eigenvalue weighted by Gasteiger charge is -2.58. The highest BCUT2D eigenvalue weighted by molar-refractivity contribution is 7.87. The molecule has 3 saturated carbocycles. The highest BCUT2D eigenvalue weighted by Gasteiger charge is 2.69. The fraction of sp³-hybridized carbons (Fsp3) is 0.789. The average molecular weight is 1100 g/mol. The van der Waals surface area contributed by atoms with Crippen LogP contribution in [0.5, 0.6) is 0 Å². The number of fused-ring (bicyclic) bond motifs is 8. The summed E-state index contributed by atoms with van der Waals surface area (Å²) in [6, 6.07) is 10.00. The number of nitrogens with zero attached hydrogens (tertiary/aromatic N) is 1. The lowest BCUT2D eigenvalue weighted by molar-refractivity contribution is -0.388. The van der Waals surface area contributed by atoms with E-state index in [-0.39, 0.29) is 21.8 Å². The Labute approximate surface area is 452 Å². The van der Waals surface area contributed by atoms with Gasteiger partial charge in [0, 0.05) is 42.9 Å². The molecular weight excluding hydrogens is 1020 g/mol. The van der Waals surface area contributed by atoms with E-state index < -0.39 is 121 Å². The molecular formula is C57H83NO18S. The van der Waals surface area contributed by atoms with Crippen molar-refractivity contribution in [2.45, 2.75) is 214 Å². The van der Waals surface area contributed by atoms with E-state index in [9.17, 15) is 44.2 Å². The van der Waals surface area contributed by atoms with Crippen LogP contribution in [-0.4, -0.2) is 182 Å². The van der Waals surface area contributed by atoms with Crippen molar-refractivity contribution in [1.29, 1.82) is 0 Å². The summed E-state index contributed by atoms with van der Waals surface area (Å²) < 4.78 is 84.7. The van der Waals surface area contributed by atoms with E-state index in [0.29, 0.717) is 59.1 Å². The van der Waals surface area contributed by atoms with Gasteiger partial charge in [0.1, 0.15) is 65.9 Å². The van der Waals surface area contributed by atoms with E-state index in [1.165, 1.54) is 25.5 Å². The van der Waals surface area contributed by atoms with E-state index >= 15 is 0 Å². The minimum absolute atomic E-state index is 0.0661. The first-order valence-corrected chi connectivity index (χ1v) is 29.7. The van der Waals surface area contributed by atoms with Gasteiger partial charge in [0.25, 0.3) is 10.1 Å². The van der Waals surface area contributed by atoms with E-state index in [4.69, 9.17) is 42.1 Å². The minimum Gasteiger partial charge on any atom is -0.394 e. The molecule has 0 aromatic heterocycles. The summed E-state index contributed by atoms with van der Waals surface area (Å²) in [6.07, 6.45) is -12.8. The van der Waals surface area contributed by atoms with Crippen LogP contribution in [0.15, 0.2) is 52.9 Å². The smallest absolute Gasteiger partial charge is 0.298 e. The maximum Gasteiger partial charge on any atom is 0.298 e. The molecule has 7 N–H and O–H groups in total. The summed E-state index contributed by atoms with van der Waals surface area (Å²) in [5, 5.41) is 79.8. The molecule has 9 aliphatic rings. The van der Waals surface area contributed by atoms with Gasteiger partial charge in [-0.2, -0.15) is 8.42 Å². The molecule has 2 aromatic rings. The molecule has 11 rings (SSSR count). The summed E-state index contributed by atoms with van der Waals surface area (Å²) in [5.74, 6) is 2.43. The Bertz CT molecular complexity index is 2600. The molecule has 77 heavy (non-hydrogen) atoms. The van der Waals surface area contributed by atoms with Crippen LogP contribution in [0.2, 0.25) is 0 Å². The van der Waals surface area contributed by atoms with Crippen molar-refractivity contribution in [1.82, 2.24) is 0 Å². The van der Waals surface area contributed by atoms with Crippen LogP contribution in [0.1, 0.15) is 99.3 Å². The zero-order valence-electron chi connectivity index (χ0n) is 45.6. The van der Waals surface area contributed by atoms with Gasteiger partial charge in [0.2, 0.25) is 0 Å². The third kappa shape index (κ3) is 9.55. The maximum atomic E-state index is 14.0. The van der Waals surface area contributed by atoms with E-state index in [1.807, 2.05) is 25.1 Å². The van der Waals surface area contributed by atoms with Gasteiger partial charge in [-0.25, -0.2) is 0 Å². The van der Waals surface area contributed by atoms with Crippen LogP contribution in [0.4, 0.5) is 5.69 Å². The minimum atomic E-state index is -4.58. The SMILES string of the molecule is C[C@@H]1CC[C@@]2(OC1)O[C@H]1CC3C4CC=C5C[C@@H](O[C@@H]6O[C@H](CO)[C@@H](O[C@@H]7O[C@@H](C)[C@H](OS(=O)(=O)c8cccc9c(N(C)C)cccc89)[C@@H](O)[C@H]7O)[C@H](O)[C@H]6O[C@@H]6O[C@@H](C)[C@H](O)[C@@H](O)[C@H]6O)CC[C@]5(C)C4CC[C@]3(C)[C@H]1[C@@H]2C. The molecule has 8 fully saturated rings. The van der Waals surface area contributed by atoms with Crippen LogP contribution < -0.4 is 4.90 Å². The highest BCUT2D eigenvalue weighted by atomic mass is 32.2. The average Bonchev–Trinajstić information content (AvgIpc) is 3.92. The van der Waals surface area contributed by atoms with Gasteiger partial charge < -0.3 is 78.5 Å². The van der Waals surface area contributed by atoms with Crippen LogP contribution in [0.3, 0.4) is 0 Å². The van der Waals surface area contributed by atoms with Gasteiger partial charge in [-0.1, -0.05) is 63.6 Å². The molecule has 0 bridgehead atoms. The van der Waals surface area contributed by atoms with Crippen LogP contribution in [-0.2, 0) is 52.2 Å². The predicted octanol–water partition coefficient (Wildman–Crippen LogP) is 3.87. The first kappa shape index (κ1) is 56.4. The second-order valence-corrected chi connectivity index (χ2v) is 26.6. The molecule has 5 heterocycles. The quantitative estimate of drug-likeness (QED) is 0.124. The third-order valence-corrected chi connectivity index (χ3v) is 21.8. The fourth-order valence-corrected chi connectivity index (χ4v) is 17.5. The van der Waals surface area contributed by atoms with Gasteiger partial charge >= 0.3 is 0 Å². The van der Waals surface area contributed by atoms with Gasteiger partial charge in [-0.05, 0) is 118 Å². The number of benzene rings is 2. The number of hydrogen-bond donors (Lipinski definition) is 7. The Morgan fingerprint density at radius 3 is 2.13 bits per heavy atom. The summed E-state index contributed by atoms with van der Waals surface area (Å²) >= 11 is 0. The van der Waals surface area contributed by atoms with Gasteiger partial charge in [0.15, 0.2) is 24.7 Å². The largest absolute Gasteiger partial charge is 0.394 e. The van der Waals surface area contributed by atoms with Crippen molar-refractivity contribution in [2.75, 3.05) is 32.2 Å². The maximum absolute atomic E-state index is 14.0. The van der Waals surface area contributed by atoms with Crippen molar-refractivity contribution >= 4 is 26.6 Å². The number of allylic oxidation sites excluding steroid dienone is 1. The van der Waals surface area contributed by atoms with Crippen molar-refractivity contribution in [3.05, 3.63) is 48.0 Å². The number of ether oxygens (including phenoxy) is 8. The molecule has 5 saturated heterocycles. The Hall–Kier alpha value is -2.45. The summed E-state index contributed by atoms with van der Waals surface area (Å²) in [5.41, 5.74) is 2.19. The Morgan fingerprint density at radius 1 is 0.714 bits per heavy atom. The lowest BCUT2D eigenvalue weighted by Crippen LogP contribution is -2.66. The number of rotatable bonds is 11. The first-order valence-electron chi connectivity index (χ1n) is 28.3. The monoisotopic (exact) mass is 1100 g/mol. The van der Waals surface area contributed by atoms with Crippen LogP contribution >= 0.6 is 0 Å². The second-order valence-electron chi connectivity index (χ2n) is 25.1. The standard InChI is InChI=1S/C57H83NO18S/c1-27-17-22-57(68-26-27)28(2)42-39(75-57)24-37-35-16-15-31-23-32(18-20-55(31,5)36(35)19-21-56(37,42)6)71-54-51(74-52-46(63)44(61)43(60)29(3)69-52)48(65)50(40(25-59)72-54)73-53-47(64)45(62)49(30(4)70-53)76-77(66,67)41-14-10-11-33-34(41)12-9-13-38(33)58(7)8/h9-15,27-30,32,35-37,39-40,42-54,59-65H,16-26H2,1-8H3/t27-,28+,29+,30+,32+,35?,36?,37?,39+,40-,42+,43+,44-,45+,46-,47-,48+,49+,50-,51-,52+,53+,54-,55+,56+,57-/m1/s1. The number of aliphatic hydroxyl groups excluding tert-OH is 7. The molecule has 2 aromatic carbocycles. The Morgan fingerprint density at radius 2 is 1.42 bits per heavy atom. The summed E-state index contributed by atoms with van der Waals surface area (Å²) in [6.45, 7) is 12.5. The number of anilines is 1. The number of hydrogen-bond acceptors (Lipinski definition) is 19. The van der Waals surface area contributed by atoms with Crippen molar-refractivity contribution < 1.29 is 86.2 Å². The Kier molecular flexibility index (Phi) is 15.4.